The van der Waals surface area contributed by atoms with Crippen molar-refractivity contribution in [3.8, 4) is 0 Å². The van der Waals surface area contributed by atoms with Crippen molar-refractivity contribution < 1.29 is 19.1 Å². The molecule has 0 unspecified atom stereocenters. The van der Waals surface area contributed by atoms with E-state index in [1.54, 1.807) is 4.90 Å². The molecule has 128 valence electrons. The lowest BCUT2D eigenvalue weighted by molar-refractivity contribution is -0.136. The number of carbonyl (C=O) groups is 2. The number of amides is 2. The maximum Gasteiger partial charge on any atom is 0.410 e. The normalized spacial score (nSPS) is 18.2. The Morgan fingerprint density at radius 2 is 1.77 bits per heavy atom. The minimum Gasteiger partial charge on any atom is -0.444 e. The van der Waals surface area contributed by atoms with E-state index in [0.29, 0.717) is 25.9 Å². The smallest absolute Gasteiger partial charge is 0.410 e. The molecule has 0 radical (unpaired) electrons. The van der Waals surface area contributed by atoms with Crippen LogP contribution in [0.25, 0.3) is 0 Å². The van der Waals surface area contributed by atoms with Crippen LogP contribution in [0.4, 0.5) is 4.79 Å². The molecule has 0 aromatic heterocycles. The highest BCUT2D eigenvalue weighted by Gasteiger charge is 2.34. The molecule has 1 heterocycles. The SMILES string of the molecule is CC(C)NC(=O)COC1(C)CCN(C(=O)OC(C)(C)C)CC1. The Bertz CT molecular complexity index is 393. The molecule has 1 fully saturated rings. The molecule has 0 spiro atoms. The van der Waals surface area contributed by atoms with Gasteiger partial charge in [0.2, 0.25) is 5.91 Å². The van der Waals surface area contributed by atoms with Crippen LogP contribution in [0.5, 0.6) is 0 Å². The van der Waals surface area contributed by atoms with Crippen molar-refractivity contribution >= 4 is 12.0 Å². The van der Waals surface area contributed by atoms with Gasteiger partial charge in [-0.2, -0.15) is 0 Å². The molecule has 1 aliphatic heterocycles. The van der Waals surface area contributed by atoms with Crippen LogP contribution in [0.15, 0.2) is 0 Å². The number of nitrogens with one attached hydrogen (secondary N) is 1. The maximum absolute atomic E-state index is 12.0. The van der Waals surface area contributed by atoms with E-state index in [9.17, 15) is 9.59 Å². The van der Waals surface area contributed by atoms with E-state index >= 15 is 0 Å². The summed E-state index contributed by atoms with van der Waals surface area (Å²) in [5.41, 5.74) is -0.851. The molecule has 0 aromatic rings. The van der Waals surface area contributed by atoms with Gasteiger partial charge in [-0.1, -0.05) is 0 Å². The lowest BCUT2D eigenvalue weighted by Crippen LogP contribution is -2.49. The Labute approximate surface area is 133 Å². The lowest BCUT2D eigenvalue weighted by Gasteiger charge is -2.39. The Kier molecular flexibility index (Phi) is 6.23. The zero-order valence-corrected chi connectivity index (χ0v) is 14.7. The molecule has 1 rings (SSSR count). The lowest BCUT2D eigenvalue weighted by atomic mass is 9.93. The van der Waals surface area contributed by atoms with E-state index in [1.165, 1.54) is 0 Å². The minimum absolute atomic E-state index is 0.0567. The fourth-order valence-electron chi connectivity index (χ4n) is 2.24. The molecule has 6 heteroatoms. The first-order valence-electron chi connectivity index (χ1n) is 7.92. The molecule has 0 aliphatic carbocycles. The zero-order valence-electron chi connectivity index (χ0n) is 14.7. The van der Waals surface area contributed by atoms with Crippen molar-refractivity contribution in [3.05, 3.63) is 0 Å². The summed E-state index contributed by atoms with van der Waals surface area (Å²) in [6, 6.07) is 0.109. The average molecular weight is 314 g/mol. The Balaban J connectivity index is 2.40. The van der Waals surface area contributed by atoms with Gasteiger partial charge in [0.25, 0.3) is 0 Å². The van der Waals surface area contributed by atoms with Crippen LogP contribution in [-0.4, -0.2) is 53.8 Å². The molecule has 1 saturated heterocycles. The van der Waals surface area contributed by atoms with Crippen LogP contribution in [-0.2, 0) is 14.3 Å². The minimum atomic E-state index is -0.483. The summed E-state index contributed by atoms with van der Waals surface area (Å²) >= 11 is 0. The van der Waals surface area contributed by atoms with E-state index in [1.807, 2.05) is 41.5 Å². The predicted molar refractivity (Wildman–Crippen MR) is 84.7 cm³/mol. The summed E-state index contributed by atoms with van der Waals surface area (Å²) in [4.78, 5) is 25.4. The van der Waals surface area contributed by atoms with Crippen LogP contribution in [0.2, 0.25) is 0 Å². The number of rotatable bonds is 4. The second kappa shape index (κ2) is 7.31. The van der Waals surface area contributed by atoms with Crippen LogP contribution < -0.4 is 5.32 Å². The fourth-order valence-corrected chi connectivity index (χ4v) is 2.24. The molecule has 0 atom stereocenters. The van der Waals surface area contributed by atoms with Gasteiger partial charge in [0.05, 0.1) is 5.60 Å². The second-order valence-corrected chi connectivity index (χ2v) is 7.43. The van der Waals surface area contributed by atoms with Crippen molar-refractivity contribution in [2.45, 2.75) is 71.6 Å². The molecule has 1 N–H and O–H groups in total. The van der Waals surface area contributed by atoms with Crippen molar-refractivity contribution in [1.29, 1.82) is 0 Å². The molecule has 6 nitrogen and oxygen atoms in total. The maximum atomic E-state index is 12.0. The number of ether oxygens (including phenoxy) is 2. The monoisotopic (exact) mass is 314 g/mol. The third-order valence-electron chi connectivity index (χ3n) is 3.47. The van der Waals surface area contributed by atoms with Gasteiger partial charge < -0.3 is 19.7 Å². The summed E-state index contributed by atoms with van der Waals surface area (Å²) in [6.45, 7) is 12.6. The van der Waals surface area contributed by atoms with Gasteiger partial charge in [-0.25, -0.2) is 4.79 Å². The van der Waals surface area contributed by atoms with Crippen LogP contribution in [0.3, 0.4) is 0 Å². The van der Waals surface area contributed by atoms with Gasteiger partial charge in [-0.05, 0) is 54.4 Å². The second-order valence-electron chi connectivity index (χ2n) is 7.43. The number of piperidine rings is 1. The number of hydrogen-bond donors (Lipinski definition) is 1. The largest absolute Gasteiger partial charge is 0.444 e. The average Bonchev–Trinajstić information content (AvgIpc) is 2.34. The van der Waals surface area contributed by atoms with Crippen molar-refractivity contribution in [2.75, 3.05) is 19.7 Å². The topological polar surface area (TPSA) is 67.9 Å². The molecule has 1 aliphatic rings. The molecular formula is C16H30N2O4. The Morgan fingerprint density at radius 1 is 1.23 bits per heavy atom. The van der Waals surface area contributed by atoms with Gasteiger partial charge in [-0.3, -0.25) is 4.79 Å². The van der Waals surface area contributed by atoms with Crippen LogP contribution >= 0.6 is 0 Å². The highest BCUT2D eigenvalue weighted by atomic mass is 16.6. The van der Waals surface area contributed by atoms with Crippen molar-refractivity contribution in [3.63, 3.8) is 0 Å². The first kappa shape index (κ1) is 18.7. The Morgan fingerprint density at radius 3 is 2.23 bits per heavy atom. The molecule has 0 saturated carbocycles. The first-order chi connectivity index (χ1) is 10.0. The summed E-state index contributed by atoms with van der Waals surface area (Å²) in [6.07, 6.45) is 1.11. The fraction of sp³-hybridized carbons (Fsp3) is 0.875. The summed E-state index contributed by atoms with van der Waals surface area (Å²) in [7, 11) is 0. The molecule has 22 heavy (non-hydrogen) atoms. The molecular weight excluding hydrogens is 284 g/mol. The third-order valence-corrected chi connectivity index (χ3v) is 3.47. The molecule has 0 aromatic carbocycles. The van der Waals surface area contributed by atoms with Gasteiger partial charge in [0.15, 0.2) is 0 Å². The highest BCUT2D eigenvalue weighted by molar-refractivity contribution is 5.77. The zero-order chi connectivity index (χ0) is 17.0. The summed E-state index contributed by atoms with van der Waals surface area (Å²) in [5, 5.41) is 2.80. The number of nitrogens with zero attached hydrogens (tertiary/aromatic N) is 1. The third kappa shape index (κ3) is 6.64. The van der Waals surface area contributed by atoms with E-state index < -0.39 is 5.60 Å². The number of likely N-dealkylation sites (tertiary alicyclic amines) is 1. The van der Waals surface area contributed by atoms with E-state index in [0.717, 1.165) is 0 Å². The summed E-state index contributed by atoms with van der Waals surface area (Å²) < 4.78 is 11.1. The van der Waals surface area contributed by atoms with Crippen molar-refractivity contribution in [2.24, 2.45) is 0 Å². The van der Waals surface area contributed by atoms with Gasteiger partial charge in [0.1, 0.15) is 12.2 Å². The molecule has 0 bridgehead atoms. The summed E-state index contributed by atoms with van der Waals surface area (Å²) in [5.74, 6) is -0.106. The van der Waals surface area contributed by atoms with Crippen LogP contribution in [0, 0.1) is 0 Å². The van der Waals surface area contributed by atoms with E-state index in [-0.39, 0.29) is 30.3 Å². The Hall–Kier alpha value is -1.30. The first-order valence-corrected chi connectivity index (χ1v) is 7.92. The van der Waals surface area contributed by atoms with Gasteiger partial charge in [-0.15, -0.1) is 0 Å². The quantitative estimate of drug-likeness (QED) is 0.864. The molecule has 2 amide bonds. The van der Waals surface area contributed by atoms with Gasteiger partial charge in [0, 0.05) is 19.1 Å². The van der Waals surface area contributed by atoms with Gasteiger partial charge >= 0.3 is 6.09 Å². The predicted octanol–water partition coefficient (Wildman–Crippen LogP) is 2.32. The van der Waals surface area contributed by atoms with E-state index in [4.69, 9.17) is 9.47 Å². The number of carbonyl (C=O) groups excluding carboxylic acids is 2. The standard InChI is InChI=1S/C16H30N2O4/c1-12(2)17-13(19)11-21-16(6)7-9-18(10-8-16)14(20)22-15(3,4)5/h12H,7-11H2,1-6H3,(H,17,19). The van der Waals surface area contributed by atoms with E-state index in [2.05, 4.69) is 5.32 Å². The highest BCUT2D eigenvalue weighted by Crippen LogP contribution is 2.26. The van der Waals surface area contributed by atoms with Crippen LogP contribution in [0.1, 0.15) is 54.4 Å². The number of hydrogen-bond acceptors (Lipinski definition) is 4. The van der Waals surface area contributed by atoms with Crippen molar-refractivity contribution in [1.82, 2.24) is 10.2 Å².